The minimum atomic E-state index is -0.384. The second-order valence-electron chi connectivity index (χ2n) is 8.50. The number of benzene rings is 1. The molecular formula is C23H29N3O5. The van der Waals surface area contributed by atoms with Gasteiger partial charge in [-0.1, -0.05) is 19.3 Å². The van der Waals surface area contributed by atoms with Crippen LogP contribution >= 0.6 is 0 Å². The third-order valence-corrected chi connectivity index (χ3v) is 6.33. The third kappa shape index (κ3) is 4.79. The summed E-state index contributed by atoms with van der Waals surface area (Å²) in [7, 11) is 0. The normalized spacial score (nSPS) is 21.3. The first kappa shape index (κ1) is 21.5. The number of carbonyl (C=O) groups is 4. The molecule has 1 unspecified atom stereocenters. The molecule has 4 amide bonds. The van der Waals surface area contributed by atoms with Crippen molar-refractivity contribution in [1.29, 1.82) is 0 Å². The van der Waals surface area contributed by atoms with Crippen LogP contribution in [0.15, 0.2) is 18.2 Å². The van der Waals surface area contributed by atoms with Crippen molar-refractivity contribution in [2.24, 2.45) is 5.92 Å². The zero-order chi connectivity index (χ0) is 21.8. The number of ether oxygens (including phenoxy) is 1. The number of nitrogens with zero attached hydrogens (tertiary/aromatic N) is 1. The molecule has 2 aliphatic heterocycles. The van der Waals surface area contributed by atoms with Crippen molar-refractivity contribution in [3.05, 3.63) is 34.9 Å². The molecule has 0 aromatic heterocycles. The first-order valence-corrected chi connectivity index (χ1v) is 11.2. The summed E-state index contributed by atoms with van der Waals surface area (Å²) in [5.41, 5.74) is 0.887. The number of hydrogen-bond donors (Lipinski definition) is 2. The van der Waals surface area contributed by atoms with Crippen molar-refractivity contribution in [2.75, 3.05) is 26.2 Å². The van der Waals surface area contributed by atoms with E-state index in [9.17, 15) is 19.2 Å². The molecule has 4 rings (SSSR count). The Morgan fingerprint density at radius 1 is 0.935 bits per heavy atom. The molecule has 1 aromatic carbocycles. The Balaban J connectivity index is 1.29. The number of imide groups is 1. The number of amides is 4. The van der Waals surface area contributed by atoms with Crippen molar-refractivity contribution in [3.63, 3.8) is 0 Å². The van der Waals surface area contributed by atoms with Crippen LogP contribution in [0.2, 0.25) is 0 Å². The maximum atomic E-state index is 12.7. The number of nitrogens with one attached hydrogen (secondary N) is 2. The Bertz CT molecular complexity index is 872. The molecule has 1 aromatic rings. The Morgan fingerprint density at radius 3 is 2.42 bits per heavy atom. The molecule has 2 heterocycles. The van der Waals surface area contributed by atoms with E-state index in [-0.39, 0.29) is 47.8 Å². The van der Waals surface area contributed by atoms with E-state index in [1.807, 2.05) is 0 Å². The molecule has 0 spiro atoms. The summed E-state index contributed by atoms with van der Waals surface area (Å²) in [4.78, 5) is 51.2. The Labute approximate surface area is 181 Å². The van der Waals surface area contributed by atoms with Crippen molar-refractivity contribution in [1.82, 2.24) is 15.5 Å². The van der Waals surface area contributed by atoms with Crippen molar-refractivity contribution < 1.29 is 23.9 Å². The Kier molecular flexibility index (Phi) is 6.65. The molecule has 2 fully saturated rings. The van der Waals surface area contributed by atoms with E-state index in [2.05, 4.69) is 10.6 Å². The summed E-state index contributed by atoms with van der Waals surface area (Å²) < 4.78 is 5.54. The predicted octanol–water partition coefficient (Wildman–Crippen LogP) is 1.89. The predicted molar refractivity (Wildman–Crippen MR) is 113 cm³/mol. The molecule has 31 heavy (non-hydrogen) atoms. The molecular weight excluding hydrogens is 398 g/mol. The van der Waals surface area contributed by atoms with Crippen LogP contribution in [0.25, 0.3) is 0 Å². The molecule has 0 radical (unpaired) electrons. The second kappa shape index (κ2) is 9.60. The highest BCUT2D eigenvalue weighted by Crippen LogP contribution is 2.26. The Morgan fingerprint density at radius 2 is 1.68 bits per heavy atom. The zero-order valence-corrected chi connectivity index (χ0v) is 17.7. The summed E-state index contributed by atoms with van der Waals surface area (Å²) in [6.45, 7) is 1.55. The monoisotopic (exact) mass is 427 g/mol. The van der Waals surface area contributed by atoms with E-state index < -0.39 is 0 Å². The number of rotatable bonds is 7. The van der Waals surface area contributed by atoms with Crippen LogP contribution in [0.3, 0.4) is 0 Å². The summed E-state index contributed by atoms with van der Waals surface area (Å²) in [6.07, 6.45) is 6.90. The van der Waals surface area contributed by atoms with Crippen LogP contribution in [0.4, 0.5) is 0 Å². The minimum absolute atomic E-state index is 0.0573. The number of hydrogen-bond acceptors (Lipinski definition) is 5. The zero-order valence-electron chi connectivity index (χ0n) is 17.7. The summed E-state index contributed by atoms with van der Waals surface area (Å²) in [5, 5.41) is 5.64. The van der Waals surface area contributed by atoms with Crippen LogP contribution in [0, 0.1) is 5.92 Å². The molecule has 0 bridgehead atoms. The molecule has 166 valence electrons. The van der Waals surface area contributed by atoms with Crippen molar-refractivity contribution in [2.45, 2.75) is 51.0 Å². The van der Waals surface area contributed by atoms with Crippen LogP contribution < -0.4 is 10.6 Å². The van der Waals surface area contributed by atoms with E-state index in [4.69, 9.17) is 4.74 Å². The smallest absolute Gasteiger partial charge is 0.261 e. The Hall–Kier alpha value is -2.74. The highest BCUT2D eigenvalue weighted by molar-refractivity contribution is 6.22. The van der Waals surface area contributed by atoms with Crippen LogP contribution in [0.1, 0.15) is 76.0 Å². The molecule has 1 aliphatic carbocycles. The molecule has 1 saturated carbocycles. The lowest BCUT2D eigenvalue weighted by molar-refractivity contribution is -0.125. The van der Waals surface area contributed by atoms with Crippen LogP contribution in [-0.2, 0) is 9.53 Å². The largest absolute Gasteiger partial charge is 0.376 e. The maximum absolute atomic E-state index is 12.7. The van der Waals surface area contributed by atoms with Gasteiger partial charge in [0.2, 0.25) is 5.91 Å². The fourth-order valence-electron chi connectivity index (χ4n) is 4.56. The van der Waals surface area contributed by atoms with Gasteiger partial charge >= 0.3 is 0 Å². The lowest BCUT2D eigenvalue weighted by atomic mass is 9.89. The van der Waals surface area contributed by atoms with Gasteiger partial charge in [0, 0.05) is 31.2 Å². The molecule has 2 N–H and O–H groups in total. The topological polar surface area (TPSA) is 105 Å². The maximum Gasteiger partial charge on any atom is 0.261 e. The average Bonchev–Trinajstić information content (AvgIpc) is 3.40. The van der Waals surface area contributed by atoms with Gasteiger partial charge in [0.1, 0.15) is 0 Å². The van der Waals surface area contributed by atoms with E-state index in [1.165, 1.54) is 23.5 Å². The standard InChI is InChI=1S/C23H29N3O5/c27-20(15-5-2-1-3-6-15)24-10-11-25-21(28)16-8-9-18-19(13-16)23(30)26(22(18)29)14-17-7-4-12-31-17/h8-9,13,15,17H,1-7,10-12,14H2,(H,24,27)(H,25,28). The number of carbonyl (C=O) groups excluding carboxylic acids is 4. The van der Waals surface area contributed by atoms with E-state index in [0.717, 1.165) is 38.5 Å². The van der Waals surface area contributed by atoms with Gasteiger partial charge in [0.25, 0.3) is 17.7 Å². The lowest BCUT2D eigenvalue weighted by Crippen LogP contribution is -2.38. The van der Waals surface area contributed by atoms with Gasteiger partial charge in [-0.25, -0.2) is 0 Å². The SMILES string of the molecule is O=C(NCCNC(=O)C1CCCCC1)c1ccc2c(c1)C(=O)N(CC1CCCO1)C2=O. The first-order chi connectivity index (χ1) is 15.0. The van der Waals surface area contributed by atoms with Gasteiger partial charge in [-0.3, -0.25) is 24.1 Å². The van der Waals surface area contributed by atoms with E-state index in [0.29, 0.717) is 30.8 Å². The average molecular weight is 428 g/mol. The fraction of sp³-hybridized carbons (Fsp3) is 0.565. The first-order valence-electron chi connectivity index (χ1n) is 11.2. The van der Waals surface area contributed by atoms with Gasteiger partial charge in [-0.15, -0.1) is 0 Å². The highest BCUT2D eigenvalue weighted by Gasteiger charge is 2.37. The van der Waals surface area contributed by atoms with E-state index >= 15 is 0 Å². The van der Waals surface area contributed by atoms with Gasteiger partial charge in [-0.2, -0.15) is 0 Å². The molecule has 3 aliphatic rings. The van der Waals surface area contributed by atoms with E-state index in [1.54, 1.807) is 6.07 Å². The van der Waals surface area contributed by atoms with Gasteiger partial charge < -0.3 is 15.4 Å². The quantitative estimate of drug-likeness (QED) is 0.511. The third-order valence-electron chi connectivity index (χ3n) is 6.33. The van der Waals surface area contributed by atoms with Crippen LogP contribution in [0.5, 0.6) is 0 Å². The highest BCUT2D eigenvalue weighted by atomic mass is 16.5. The second-order valence-corrected chi connectivity index (χ2v) is 8.50. The summed E-state index contributed by atoms with van der Waals surface area (Å²) in [6, 6.07) is 4.56. The van der Waals surface area contributed by atoms with Gasteiger partial charge in [-0.05, 0) is 43.9 Å². The fourth-order valence-corrected chi connectivity index (χ4v) is 4.56. The number of fused-ring (bicyclic) bond motifs is 1. The van der Waals surface area contributed by atoms with Crippen LogP contribution in [-0.4, -0.2) is 60.9 Å². The minimum Gasteiger partial charge on any atom is -0.376 e. The van der Waals surface area contributed by atoms with Crippen molar-refractivity contribution >= 4 is 23.6 Å². The van der Waals surface area contributed by atoms with Gasteiger partial charge in [0.05, 0.1) is 23.8 Å². The summed E-state index contributed by atoms with van der Waals surface area (Å²) >= 11 is 0. The summed E-state index contributed by atoms with van der Waals surface area (Å²) in [5.74, 6) is -0.922. The molecule has 1 saturated heterocycles. The molecule has 8 heteroatoms. The lowest BCUT2D eigenvalue weighted by Gasteiger charge is -2.20. The molecule has 1 atom stereocenters. The molecule has 8 nitrogen and oxygen atoms in total. The van der Waals surface area contributed by atoms with Crippen molar-refractivity contribution in [3.8, 4) is 0 Å². The van der Waals surface area contributed by atoms with Gasteiger partial charge in [0.15, 0.2) is 0 Å².